The van der Waals surface area contributed by atoms with Gasteiger partial charge in [-0.2, -0.15) is 0 Å². The van der Waals surface area contributed by atoms with Crippen molar-refractivity contribution in [2.75, 3.05) is 32.8 Å². The molecule has 2 aliphatic rings. The molecule has 0 unspecified atom stereocenters. The van der Waals surface area contributed by atoms with Crippen LogP contribution >= 0.6 is 11.6 Å². The van der Waals surface area contributed by atoms with Crippen LogP contribution in [0.5, 0.6) is 0 Å². The minimum atomic E-state index is 0.437. The second-order valence-electron chi connectivity index (χ2n) is 6.98. The largest absolute Gasteiger partial charge is 0.381 e. The number of piperidine rings is 1. The lowest BCUT2D eigenvalue weighted by Gasteiger charge is -2.35. The molecule has 1 aromatic carbocycles. The third kappa shape index (κ3) is 4.93. The molecule has 2 heterocycles. The van der Waals surface area contributed by atoms with Gasteiger partial charge in [0.2, 0.25) is 0 Å². The lowest BCUT2D eigenvalue weighted by Crippen LogP contribution is -2.45. The highest BCUT2D eigenvalue weighted by atomic mass is 35.5. The van der Waals surface area contributed by atoms with Crippen molar-refractivity contribution in [1.29, 1.82) is 0 Å². The Morgan fingerprint density at radius 3 is 2.57 bits per heavy atom. The molecule has 128 valence electrons. The number of hydrogen-bond acceptors (Lipinski definition) is 3. The number of nitrogens with one attached hydrogen (secondary N) is 1. The molecule has 0 bridgehead atoms. The highest BCUT2D eigenvalue weighted by Gasteiger charge is 2.25. The van der Waals surface area contributed by atoms with Crippen LogP contribution in [-0.4, -0.2) is 43.8 Å². The van der Waals surface area contributed by atoms with Crippen molar-refractivity contribution in [1.82, 2.24) is 10.2 Å². The number of ether oxygens (including phenoxy) is 1. The Morgan fingerprint density at radius 2 is 1.96 bits per heavy atom. The van der Waals surface area contributed by atoms with Crippen LogP contribution in [0.1, 0.15) is 44.2 Å². The Bertz CT molecular complexity index is 465. The first kappa shape index (κ1) is 17.2. The third-order valence-corrected chi connectivity index (χ3v) is 5.50. The average Bonchev–Trinajstić information content (AvgIpc) is 3.08. The van der Waals surface area contributed by atoms with E-state index in [4.69, 9.17) is 16.3 Å². The summed E-state index contributed by atoms with van der Waals surface area (Å²) in [6.45, 7) is 7.83. The van der Waals surface area contributed by atoms with Gasteiger partial charge in [-0.15, -0.1) is 0 Å². The van der Waals surface area contributed by atoms with Gasteiger partial charge in [0.15, 0.2) is 0 Å². The minimum Gasteiger partial charge on any atom is -0.381 e. The molecular formula is C19H29ClN2O. The van der Waals surface area contributed by atoms with Crippen molar-refractivity contribution in [3.63, 3.8) is 0 Å². The molecule has 0 spiro atoms. The number of hydrogen-bond donors (Lipinski definition) is 1. The quantitative estimate of drug-likeness (QED) is 0.853. The summed E-state index contributed by atoms with van der Waals surface area (Å²) < 4.78 is 5.50. The lowest BCUT2D eigenvalue weighted by atomic mass is 9.98. The average molecular weight is 337 g/mol. The molecule has 23 heavy (non-hydrogen) atoms. The van der Waals surface area contributed by atoms with Crippen LogP contribution in [0.25, 0.3) is 0 Å². The number of halogens is 1. The van der Waals surface area contributed by atoms with Gasteiger partial charge in [0.1, 0.15) is 0 Å². The van der Waals surface area contributed by atoms with Crippen LogP contribution in [0.3, 0.4) is 0 Å². The van der Waals surface area contributed by atoms with Gasteiger partial charge in [-0.05, 0) is 62.4 Å². The predicted octanol–water partition coefficient (Wildman–Crippen LogP) is 3.88. The SMILES string of the molecule is CC[C@H](NC1CCN(C[C@@H]2CCOC2)CC1)c1ccc(Cl)cc1. The fourth-order valence-electron chi connectivity index (χ4n) is 3.80. The molecule has 1 N–H and O–H groups in total. The summed E-state index contributed by atoms with van der Waals surface area (Å²) in [5.41, 5.74) is 1.35. The van der Waals surface area contributed by atoms with Gasteiger partial charge in [-0.1, -0.05) is 30.7 Å². The molecule has 3 rings (SSSR count). The normalized spacial score (nSPS) is 24.9. The maximum absolute atomic E-state index is 6.00. The van der Waals surface area contributed by atoms with Gasteiger partial charge in [-0.3, -0.25) is 0 Å². The highest BCUT2D eigenvalue weighted by Crippen LogP contribution is 2.23. The Balaban J connectivity index is 1.46. The summed E-state index contributed by atoms with van der Waals surface area (Å²) in [5, 5.41) is 4.67. The molecule has 1 aromatic rings. The molecule has 2 aliphatic heterocycles. The molecule has 0 aromatic heterocycles. The van der Waals surface area contributed by atoms with Gasteiger partial charge >= 0.3 is 0 Å². The fourth-order valence-corrected chi connectivity index (χ4v) is 3.93. The van der Waals surface area contributed by atoms with E-state index in [1.807, 2.05) is 12.1 Å². The van der Waals surface area contributed by atoms with Gasteiger partial charge in [0.25, 0.3) is 0 Å². The molecule has 3 nitrogen and oxygen atoms in total. The van der Waals surface area contributed by atoms with Crippen LogP contribution < -0.4 is 5.32 Å². The fraction of sp³-hybridized carbons (Fsp3) is 0.684. The van der Waals surface area contributed by atoms with Crippen LogP contribution in [0.4, 0.5) is 0 Å². The Hall–Kier alpha value is -0.610. The lowest BCUT2D eigenvalue weighted by molar-refractivity contribution is 0.145. The van der Waals surface area contributed by atoms with Crippen molar-refractivity contribution >= 4 is 11.6 Å². The summed E-state index contributed by atoms with van der Waals surface area (Å²) in [4.78, 5) is 2.63. The molecule has 2 fully saturated rings. The van der Waals surface area contributed by atoms with Crippen molar-refractivity contribution in [3.05, 3.63) is 34.9 Å². The molecule has 0 amide bonds. The Morgan fingerprint density at radius 1 is 1.22 bits per heavy atom. The zero-order valence-corrected chi connectivity index (χ0v) is 14.9. The van der Waals surface area contributed by atoms with Gasteiger partial charge in [0.05, 0.1) is 6.61 Å². The van der Waals surface area contributed by atoms with E-state index in [0.29, 0.717) is 12.1 Å². The standard InChI is InChI=1S/C19H29ClN2O/c1-2-19(16-3-5-17(20)6-4-16)21-18-7-10-22(11-8-18)13-15-9-12-23-14-15/h3-6,15,18-19,21H,2,7-14H2,1H3/t15-,19-/m0/s1. The zero-order chi connectivity index (χ0) is 16.1. The zero-order valence-electron chi connectivity index (χ0n) is 14.1. The first-order chi connectivity index (χ1) is 11.2. The summed E-state index contributed by atoms with van der Waals surface area (Å²) in [6, 6.07) is 9.36. The topological polar surface area (TPSA) is 24.5 Å². The molecule has 2 atom stereocenters. The number of likely N-dealkylation sites (tertiary alicyclic amines) is 1. The summed E-state index contributed by atoms with van der Waals surface area (Å²) >= 11 is 6.00. The molecule has 4 heteroatoms. The number of rotatable bonds is 6. The van der Waals surface area contributed by atoms with Gasteiger partial charge in [0, 0.05) is 30.3 Å². The molecule has 0 radical (unpaired) electrons. The van der Waals surface area contributed by atoms with Crippen LogP contribution in [-0.2, 0) is 4.74 Å². The van der Waals surface area contributed by atoms with E-state index in [1.165, 1.54) is 44.5 Å². The van der Waals surface area contributed by atoms with E-state index >= 15 is 0 Å². The smallest absolute Gasteiger partial charge is 0.0507 e. The number of benzene rings is 1. The van der Waals surface area contributed by atoms with E-state index < -0.39 is 0 Å². The van der Waals surface area contributed by atoms with E-state index in [2.05, 4.69) is 29.3 Å². The van der Waals surface area contributed by atoms with Gasteiger partial charge < -0.3 is 15.0 Å². The van der Waals surface area contributed by atoms with E-state index in [-0.39, 0.29) is 0 Å². The van der Waals surface area contributed by atoms with Crippen LogP contribution in [0.2, 0.25) is 5.02 Å². The first-order valence-electron chi connectivity index (χ1n) is 9.06. The van der Waals surface area contributed by atoms with Crippen molar-refractivity contribution in [3.8, 4) is 0 Å². The molecule has 0 saturated carbocycles. The maximum Gasteiger partial charge on any atom is 0.0507 e. The monoisotopic (exact) mass is 336 g/mol. The van der Waals surface area contributed by atoms with Crippen LogP contribution in [0.15, 0.2) is 24.3 Å². The van der Waals surface area contributed by atoms with E-state index in [1.54, 1.807) is 0 Å². The first-order valence-corrected chi connectivity index (χ1v) is 9.44. The van der Waals surface area contributed by atoms with E-state index in [9.17, 15) is 0 Å². The molecular weight excluding hydrogens is 308 g/mol. The van der Waals surface area contributed by atoms with Crippen LogP contribution in [0, 0.1) is 5.92 Å². The minimum absolute atomic E-state index is 0.437. The predicted molar refractivity (Wildman–Crippen MR) is 96.0 cm³/mol. The maximum atomic E-state index is 6.00. The van der Waals surface area contributed by atoms with Gasteiger partial charge in [-0.25, -0.2) is 0 Å². The summed E-state index contributed by atoms with van der Waals surface area (Å²) in [5.74, 6) is 0.761. The third-order valence-electron chi connectivity index (χ3n) is 5.25. The summed E-state index contributed by atoms with van der Waals surface area (Å²) in [7, 11) is 0. The number of nitrogens with zero attached hydrogens (tertiary/aromatic N) is 1. The van der Waals surface area contributed by atoms with E-state index in [0.717, 1.165) is 30.6 Å². The van der Waals surface area contributed by atoms with Crippen molar-refractivity contribution in [2.24, 2.45) is 5.92 Å². The Labute approximate surface area is 145 Å². The van der Waals surface area contributed by atoms with Crippen molar-refractivity contribution < 1.29 is 4.74 Å². The summed E-state index contributed by atoms with van der Waals surface area (Å²) in [6.07, 6.45) is 4.85. The second kappa shape index (κ2) is 8.48. The molecule has 0 aliphatic carbocycles. The van der Waals surface area contributed by atoms with Crippen molar-refractivity contribution in [2.45, 2.75) is 44.7 Å². The second-order valence-corrected chi connectivity index (χ2v) is 7.42. The molecule has 2 saturated heterocycles. The Kier molecular flexibility index (Phi) is 6.35. The highest BCUT2D eigenvalue weighted by molar-refractivity contribution is 6.30.